The van der Waals surface area contributed by atoms with Crippen LogP contribution in [0, 0.1) is 11.3 Å². The Bertz CT molecular complexity index is 99.6. The summed E-state index contributed by atoms with van der Waals surface area (Å²) in [5.41, 5.74) is 0. The van der Waals surface area contributed by atoms with E-state index < -0.39 is 0 Å². The normalized spacial score (nSPS) is 21.8. The molecular weight excluding hydrogens is 102 g/mol. The average molecular weight is 111 g/mol. The van der Waals surface area contributed by atoms with Crippen molar-refractivity contribution in [2.45, 2.75) is 13.0 Å². The van der Waals surface area contributed by atoms with Crippen LogP contribution in [0.3, 0.4) is 0 Å². The lowest BCUT2D eigenvalue weighted by Crippen LogP contribution is -1.60. The second-order valence-corrected chi connectivity index (χ2v) is 1.48. The van der Waals surface area contributed by atoms with E-state index in [-0.39, 0.29) is 0 Å². The van der Waals surface area contributed by atoms with Crippen LogP contribution in [-0.2, 0) is 4.74 Å². The zero-order chi connectivity index (χ0) is 6.41. The molecule has 1 fully saturated rings. The van der Waals surface area contributed by atoms with Gasteiger partial charge in [0.25, 0.3) is 0 Å². The number of epoxide rings is 1. The summed E-state index contributed by atoms with van der Waals surface area (Å²) in [4.78, 5) is 0. The molecule has 0 spiro atoms. The Balaban J connectivity index is 0.000000122. The van der Waals surface area contributed by atoms with Gasteiger partial charge in [0.1, 0.15) is 0 Å². The van der Waals surface area contributed by atoms with E-state index in [0.717, 1.165) is 6.61 Å². The lowest BCUT2D eigenvalue weighted by Gasteiger charge is -1.50. The van der Waals surface area contributed by atoms with Gasteiger partial charge in [0.2, 0.25) is 0 Å². The summed E-state index contributed by atoms with van der Waals surface area (Å²) in [6.45, 7) is 6.16. The van der Waals surface area contributed by atoms with E-state index in [9.17, 15) is 0 Å². The fourth-order valence-corrected chi connectivity index (χ4v) is 0.0962. The molecule has 1 rings (SSSR count). The summed E-state index contributed by atoms with van der Waals surface area (Å²) < 4.78 is 4.71. The zero-order valence-electron chi connectivity index (χ0n) is 4.92. The fraction of sp³-hybridized carbons (Fsp3) is 0.500. The van der Waals surface area contributed by atoms with Crippen LogP contribution in [0.5, 0.6) is 0 Å². The fourth-order valence-electron chi connectivity index (χ4n) is 0.0962. The number of hydrogen-bond acceptors (Lipinski definition) is 2. The third kappa shape index (κ3) is 8.95. The van der Waals surface area contributed by atoms with Crippen molar-refractivity contribution in [3.8, 4) is 6.07 Å². The molecule has 1 unspecified atom stereocenters. The van der Waals surface area contributed by atoms with Gasteiger partial charge in [-0.2, -0.15) is 5.26 Å². The smallest absolute Gasteiger partial charge is 0.0905 e. The summed E-state index contributed by atoms with van der Waals surface area (Å²) in [5, 5.41) is 7.51. The third-order valence-electron chi connectivity index (χ3n) is 0.591. The number of allylic oxidation sites excluding steroid dienone is 1. The van der Waals surface area contributed by atoms with E-state index in [1.165, 1.54) is 6.08 Å². The molecule has 0 radical (unpaired) electrons. The van der Waals surface area contributed by atoms with E-state index in [2.05, 4.69) is 13.5 Å². The highest BCUT2D eigenvalue weighted by atomic mass is 16.6. The van der Waals surface area contributed by atoms with Crippen LogP contribution < -0.4 is 0 Å². The highest BCUT2D eigenvalue weighted by molar-refractivity contribution is 4.93. The first kappa shape index (κ1) is 7.19. The molecule has 1 saturated heterocycles. The maximum atomic E-state index is 7.51. The molecule has 0 bridgehead atoms. The Morgan fingerprint density at radius 3 is 2.25 bits per heavy atom. The van der Waals surface area contributed by atoms with E-state index in [4.69, 9.17) is 10.00 Å². The van der Waals surface area contributed by atoms with Gasteiger partial charge in [-0.05, 0) is 6.92 Å². The minimum absolute atomic E-state index is 0.583. The molecule has 0 aromatic carbocycles. The van der Waals surface area contributed by atoms with Gasteiger partial charge in [-0.3, -0.25) is 0 Å². The van der Waals surface area contributed by atoms with Crippen LogP contribution in [0.2, 0.25) is 0 Å². The largest absolute Gasteiger partial charge is 0.373 e. The van der Waals surface area contributed by atoms with E-state index in [1.807, 2.05) is 0 Å². The Hall–Kier alpha value is -0.810. The predicted octanol–water partition coefficient (Wildman–Crippen LogP) is 1.10. The van der Waals surface area contributed by atoms with Gasteiger partial charge in [0.05, 0.1) is 18.8 Å². The highest BCUT2D eigenvalue weighted by Crippen LogP contribution is 2.04. The second-order valence-electron chi connectivity index (χ2n) is 1.48. The molecule has 0 N–H and O–H groups in total. The van der Waals surface area contributed by atoms with Gasteiger partial charge in [-0.15, -0.1) is 0 Å². The number of hydrogen-bond donors (Lipinski definition) is 0. The zero-order valence-corrected chi connectivity index (χ0v) is 4.92. The average Bonchev–Trinajstić information content (AvgIpc) is 2.52. The van der Waals surface area contributed by atoms with Crippen molar-refractivity contribution in [2.24, 2.45) is 0 Å². The Labute approximate surface area is 49.4 Å². The first-order valence-corrected chi connectivity index (χ1v) is 2.43. The van der Waals surface area contributed by atoms with Crippen molar-refractivity contribution in [2.75, 3.05) is 6.61 Å². The monoisotopic (exact) mass is 111 g/mol. The summed E-state index contributed by atoms with van der Waals surface area (Å²) in [7, 11) is 0. The van der Waals surface area contributed by atoms with Crippen LogP contribution in [-0.4, -0.2) is 12.7 Å². The molecule has 44 valence electrons. The minimum atomic E-state index is 0.583. The molecule has 2 heteroatoms. The van der Waals surface area contributed by atoms with Gasteiger partial charge in [-0.1, -0.05) is 6.58 Å². The number of nitrogens with zero attached hydrogens (tertiary/aromatic N) is 1. The molecule has 8 heavy (non-hydrogen) atoms. The molecule has 2 nitrogen and oxygen atoms in total. The lowest BCUT2D eigenvalue weighted by atomic mass is 10.6. The summed E-state index contributed by atoms with van der Waals surface area (Å²) in [5.74, 6) is 0. The molecule has 0 aromatic heterocycles. The maximum Gasteiger partial charge on any atom is 0.0905 e. The SMILES string of the molecule is C=CC#N.CC1CO1. The predicted molar refractivity (Wildman–Crippen MR) is 31.2 cm³/mol. The molecule has 1 aliphatic heterocycles. The first-order chi connectivity index (χ1) is 3.81. The molecule has 1 atom stereocenters. The number of nitriles is 1. The van der Waals surface area contributed by atoms with Crippen molar-refractivity contribution >= 4 is 0 Å². The van der Waals surface area contributed by atoms with Crippen molar-refractivity contribution in [3.05, 3.63) is 12.7 Å². The molecular formula is C6H9NO. The van der Waals surface area contributed by atoms with Crippen molar-refractivity contribution < 1.29 is 4.74 Å². The topological polar surface area (TPSA) is 36.3 Å². The van der Waals surface area contributed by atoms with Gasteiger partial charge < -0.3 is 4.74 Å². The van der Waals surface area contributed by atoms with Crippen molar-refractivity contribution in [3.63, 3.8) is 0 Å². The summed E-state index contributed by atoms with van der Waals surface area (Å²) in [6, 6.07) is 1.69. The molecule has 0 saturated carbocycles. The van der Waals surface area contributed by atoms with Crippen LogP contribution in [0.4, 0.5) is 0 Å². The van der Waals surface area contributed by atoms with Gasteiger partial charge in [0, 0.05) is 6.08 Å². The number of ether oxygens (including phenoxy) is 1. The van der Waals surface area contributed by atoms with Crippen LogP contribution in [0.25, 0.3) is 0 Å². The van der Waals surface area contributed by atoms with Crippen LogP contribution in [0.15, 0.2) is 12.7 Å². The Morgan fingerprint density at radius 1 is 2.00 bits per heavy atom. The maximum absolute atomic E-state index is 7.51. The molecule has 0 aliphatic carbocycles. The van der Waals surface area contributed by atoms with E-state index in [1.54, 1.807) is 6.07 Å². The van der Waals surface area contributed by atoms with Gasteiger partial charge in [-0.25, -0.2) is 0 Å². The van der Waals surface area contributed by atoms with Crippen LogP contribution in [0.1, 0.15) is 6.92 Å². The standard InChI is InChI=1S/C3H3N.C3H6O/c1-2-3-4;1-3-2-4-3/h2H,1H2;3H,2H2,1H3. The first-order valence-electron chi connectivity index (χ1n) is 2.43. The Morgan fingerprint density at radius 2 is 2.25 bits per heavy atom. The van der Waals surface area contributed by atoms with Crippen molar-refractivity contribution in [1.29, 1.82) is 5.26 Å². The molecule has 0 aromatic rings. The third-order valence-corrected chi connectivity index (χ3v) is 0.591. The van der Waals surface area contributed by atoms with E-state index >= 15 is 0 Å². The summed E-state index contributed by atoms with van der Waals surface area (Å²) >= 11 is 0. The van der Waals surface area contributed by atoms with Gasteiger partial charge >= 0.3 is 0 Å². The Kier molecular flexibility index (Phi) is 3.91. The number of rotatable bonds is 0. The summed E-state index contributed by atoms with van der Waals surface area (Å²) in [6.07, 6.45) is 1.76. The second kappa shape index (κ2) is 4.35. The lowest BCUT2D eigenvalue weighted by molar-refractivity contribution is 0.423. The molecule has 0 amide bonds. The quantitative estimate of drug-likeness (QED) is 0.346. The molecule has 1 heterocycles. The van der Waals surface area contributed by atoms with Crippen molar-refractivity contribution in [1.82, 2.24) is 0 Å². The highest BCUT2D eigenvalue weighted by Gasteiger charge is 2.13. The van der Waals surface area contributed by atoms with E-state index in [0.29, 0.717) is 6.10 Å². The van der Waals surface area contributed by atoms with Crippen LogP contribution >= 0.6 is 0 Å². The minimum Gasteiger partial charge on any atom is -0.373 e. The molecule has 1 aliphatic rings. The van der Waals surface area contributed by atoms with Gasteiger partial charge in [0.15, 0.2) is 0 Å².